The first-order valence-electron chi connectivity index (χ1n) is 4.76. The van der Waals surface area contributed by atoms with Gasteiger partial charge in [-0.15, -0.1) is 0 Å². The van der Waals surface area contributed by atoms with E-state index in [2.05, 4.69) is 55.5 Å². The largest absolute Gasteiger partial charge is 0.308 e. The molecular formula is C9H24N4. The van der Waals surface area contributed by atoms with Crippen LogP contribution in [0.25, 0.3) is 0 Å². The van der Waals surface area contributed by atoms with E-state index in [0.29, 0.717) is 0 Å². The molecule has 0 saturated carbocycles. The Kier molecular flexibility index (Phi) is 7.17. The van der Waals surface area contributed by atoms with E-state index < -0.39 is 0 Å². The predicted molar refractivity (Wildman–Crippen MR) is 57.7 cm³/mol. The van der Waals surface area contributed by atoms with Crippen molar-refractivity contribution in [1.29, 1.82) is 0 Å². The van der Waals surface area contributed by atoms with E-state index >= 15 is 0 Å². The molecule has 0 aliphatic heterocycles. The maximum atomic E-state index is 3.33. The van der Waals surface area contributed by atoms with Gasteiger partial charge in [0.15, 0.2) is 0 Å². The van der Waals surface area contributed by atoms with E-state index in [1.807, 2.05) is 0 Å². The Morgan fingerprint density at radius 2 is 1.31 bits per heavy atom. The summed E-state index contributed by atoms with van der Waals surface area (Å²) >= 11 is 0. The van der Waals surface area contributed by atoms with Gasteiger partial charge in [0.05, 0.1) is 0 Å². The van der Waals surface area contributed by atoms with Gasteiger partial charge >= 0.3 is 0 Å². The highest BCUT2D eigenvalue weighted by molar-refractivity contribution is 4.51. The third-order valence-corrected chi connectivity index (χ3v) is 1.82. The standard InChI is InChI=1S/C9H24N4/c1-11(2)7-6-10-13(5)9-8-12(3)4/h10H,6-9H2,1-5H3. The Hall–Kier alpha value is -0.160. The molecule has 0 aromatic carbocycles. The molecule has 0 radical (unpaired) electrons. The maximum Gasteiger partial charge on any atom is 0.0255 e. The summed E-state index contributed by atoms with van der Waals surface area (Å²) < 4.78 is 0. The molecule has 4 nitrogen and oxygen atoms in total. The molecule has 0 aromatic rings. The van der Waals surface area contributed by atoms with E-state index in [-0.39, 0.29) is 0 Å². The molecule has 0 rings (SSSR count). The SMILES string of the molecule is CN(C)CCNN(C)CCN(C)C. The van der Waals surface area contributed by atoms with E-state index in [1.54, 1.807) is 0 Å². The van der Waals surface area contributed by atoms with E-state index in [4.69, 9.17) is 0 Å². The Bertz CT molecular complexity index is 114. The molecule has 0 fully saturated rings. The van der Waals surface area contributed by atoms with Crippen molar-refractivity contribution in [2.45, 2.75) is 0 Å². The van der Waals surface area contributed by atoms with Crippen LogP contribution in [0.3, 0.4) is 0 Å². The smallest absolute Gasteiger partial charge is 0.0255 e. The lowest BCUT2D eigenvalue weighted by molar-refractivity contribution is 0.201. The first kappa shape index (κ1) is 12.8. The van der Waals surface area contributed by atoms with Crippen molar-refractivity contribution in [3.63, 3.8) is 0 Å². The third-order valence-electron chi connectivity index (χ3n) is 1.82. The number of hydrazine groups is 1. The van der Waals surface area contributed by atoms with Gasteiger partial charge < -0.3 is 9.80 Å². The van der Waals surface area contributed by atoms with Crippen LogP contribution in [0.5, 0.6) is 0 Å². The van der Waals surface area contributed by atoms with Crippen LogP contribution in [0.4, 0.5) is 0 Å². The Balaban J connectivity index is 3.25. The van der Waals surface area contributed by atoms with Crippen molar-refractivity contribution in [2.24, 2.45) is 0 Å². The highest BCUT2D eigenvalue weighted by Crippen LogP contribution is 1.79. The van der Waals surface area contributed by atoms with Gasteiger partial charge in [0.25, 0.3) is 0 Å². The molecule has 4 heteroatoms. The second-order valence-corrected chi connectivity index (χ2v) is 3.94. The molecule has 0 unspecified atom stereocenters. The first-order chi connectivity index (χ1) is 6.02. The molecule has 0 aliphatic carbocycles. The highest BCUT2D eigenvalue weighted by Gasteiger charge is 1.97. The van der Waals surface area contributed by atoms with Crippen LogP contribution in [-0.2, 0) is 0 Å². The van der Waals surface area contributed by atoms with Crippen LogP contribution >= 0.6 is 0 Å². The highest BCUT2D eigenvalue weighted by atomic mass is 15.5. The summed E-state index contributed by atoms with van der Waals surface area (Å²) in [5.41, 5.74) is 3.33. The van der Waals surface area contributed by atoms with Crippen molar-refractivity contribution in [2.75, 3.05) is 61.4 Å². The summed E-state index contributed by atoms with van der Waals surface area (Å²) in [6.45, 7) is 4.23. The van der Waals surface area contributed by atoms with E-state index in [0.717, 1.165) is 26.2 Å². The van der Waals surface area contributed by atoms with Gasteiger partial charge in [0.2, 0.25) is 0 Å². The fourth-order valence-corrected chi connectivity index (χ4v) is 0.894. The zero-order valence-corrected chi connectivity index (χ0v) is 9.67. The molecule has 0 bridgehead atoms. The minimum atomic E-state index is 1.01. The maximum absolute atomic E-state index is 3.33. The Morgan fingerprint density at radius 1 is 0.769 bits per heavy atom. The minimum Gasteiger partial charge on any atom is -0.308 e. The summed E-state index contributed by atoms with van der Waals surface area (Å²) in [6, 6.07) is 0. The molecule has 0 atom stereocenters. The van der Waals surface area contributed by atoms with Crippen LogP contribution in [0.1, 0.15) is 0 Å². The second-order valence-electron chi connectivity index (χ2n) is 3.94. The van der Waals surface area contributed by atoms with Crippen LogP contribution in [0.15, 0.2) is 0 Å². The quantitative estimate of drug-likeness (QED) is 0.546. The van der Waals surface area contributed by atoms with Crippen molar-refractivity contribution >= 4 is 0 Å². The summed E-state index contributed by atoms with van der Waals surface area (Å²) in [5, 5.41) is 2.14. The molecule has 1 N–H and O–H groups in total. The average Bonchev–Trinajstić information content (AvgIpc) is 2.00. The molecule has 0 amide bonds. The van der Waals surface area contributed by atoms with Gasteiger partial charge in [-0.2, -0.15) is 0 Å². The lowest BCUT2D eigenvalue weighted by Gasteiger charge is -2.21. The number of hydrogen-bond acceptors (Lipinski definition) is 4. The summed E-state index contributed by atoms with van der Waals surface area (Å²) in [5.74, 6) is 0. The number of hydrogen-bond donors (Lipinski definition) is 1. The molecule has 80 valence electrons. The van der Waals surface area contributed by atoms with Crippen molar-refractivity contribution in [3.8, 4) is 0 Å². The number of nitrogens with one attached hydrogen (secondary N) is 1. The zero-order valence-electron chi connectivity index (χ0n) is 9.67. The van der Waals surface area contributed by atoms with Crippen molar-refractivity contribution < 1.29 is 0 Å². The van der Waals surface area contributed by atoms with Crippen LogP contribution < -0.4 is 5.43 Å². The first-order valence-corrected chi connectivity index (χ1v) is 4.76. The third kappa shape index (κ3) is 9.76. The number of likely N-dealkylation sites (N-methyl/N-ethyl adjacent to an activating group) is 3. The van der Waals surface area contributed by atoms with E-state index in [1.165, 1.54) is 0 Å². The fourth-order valence-electron chi connectivity index (χ4n) is 0.894. The van der Waals surface area contributed by atoms with Gasteiger partial charge in [0, 0.05) is 33.2 Å². The zero-order chi connectivity index (χ0) is 10.3. The summed E-state index contributed by atoms with van der Waals surface area (Å²) in [6.07, 6.45) is 0. The summed E-state index contributed by atoms with van der Waals surface area (Å²) in [4.78, 5) is 4.36. The van der Waals surface area contributed by atoms with Crippen molar-refractivity contribution in [1.82, 2.24) is 20.2 Å². The lowest BCUT2D eigenvalue weighted by Crippen LogP contribution is -2.41. The van der Waals surface area contributed by atoms with Gasteiger partial charge in [-0.3, -0.25) is 5.43 Å². The topological polar surface area (TPSA) is 21.8 Å². The van der Waals surface area contributed by atoms with Crippen LogP contribution in [-0.4, -0.2) is 76.2 Å². The van der Waals surface area contributed by atoms with Gasteiger partial charge in [-0.25, -0.2) is 5.01 Å². The second kappa shape index (κ2) is 7.26. The van der Waals surface area contributed by atoms with Gasteiger partial charge in [0.1, 0.15) is 0 Å². The van der Waals surface area contributed by atoms with Crippen molar-refractivity contribution in [3.05, 3.63) is 0 Å². The molecule has 0 aliphatic rings. The molecule has 0 heterocycles. The molecule has 0 aromatic heterocycles. The van der Waals surface area contributed by atoms with Crippen LogP contribution in [0.2, 0.25) is 0 Å². The van der Waals surface area contributed by atoms with Crippen LogP contribution in [0, 0.1) is 0 Å². The molecular weight excluding hydrogens is 164 g/mol. The summed E-state index contributed by atoms with van der Waals surface area (Å²) in [7, 11) is 10.4. The number of rotatable bonds is 7. The molecule has 0 saturated heterocycles. The number of nitrogens with zero attached hydrogens (tertiary/aromatic N) is 3. The average molecular weight is 188 g/mol. The Labute approximate surface area is 82.5 Å². The van der Waals surface area contributed by atoms with Gasteiger partial charge in [-0.05, 0) is 28.2 Å². The Morgan fingerprint density at radius 3 is 1.77 bits per heavy atom. The fraction of sp³-hybridized carbons (Fsp3) is 1.00. The minimum absolute atomic E-state index is 1.01. The van der Waals surface area contributed by atoms with E-state index in [9.17, 15) is 0 Å². The molecule has 13 heavy (non-hydrogen) atoms. The molecule has 0 spiro atoms. The lowest BCUT2D eigenvalue weighted by atomic mass is 10.5. The normalized spacial score (nSPS) is 12.0. The predicted octanol–water partition coefficient (Wildman–Crippen LogP) is -0.454. The van der Waals surface area contributed by atoms with Gasteiger partial charge in [-0.1, -0.05) is 0 Å². The monoisotopic (exact) mass is 188 g/mol.